The van der Waals surface area contributed by atoms with Gasteiger partial charge in [0.1, 0.15) is 12.4 Å². The summed E-state index contributed by atoms with van der Waals surface area (Å²) in [5, 5.41) is 2.83. The minimum atomic E-state index is -0.743. The standard InChI is InChI=1S/C31H33BFNO4/c1-20-11-10-16-28(33)26(20)17-21(32-37-30(2,3)31(4,5)38-32)18-34-29(35)36-19-27-24-14-8-6-12-22(24)23-13-7-9-15-25(23)27/h6-17,27H,18-19H2,1-5H3,(H,34,35). The van der Waals surface area contributed by atoms with E-state index in [1.54, 1.807) is 12.1 Å². The summed E-state index contributed by atoms with van der Waals surface area (Å²) in [6, 6.07) is 21.3. The van der Waals surface area contributed by atoms with Crippen LogP contribution < -0.4 is 5.32 Å². The first-order valence-electron chi connectivity index (χ1n) is 13.0. The van der Waals surface area contributed by atoms with Crippen LogP contribution in [0.15, 0.2) is 72.2 Å². The third kappa shape index (κ3) is 4.88. The van der Waals surface area contributed by atoms with Crippen molar-refractivity contribution in [3.8, 4) is 11.1 Å². The maximum atomic E-state index is 14.7. The summed E-state index contributed by atoms with van der Waals surface area (Å²) in [6.45, 7) is 9.96. The van der Waals surface area contributed by atoms with Gasteiger partial charge >= 0.3 is 13.2 Å². The maximum absolute atomic E-state index is 14.7. The Morgan fingerprint density at radius 2 is 1.53 bits per heavy atom. The lowest BCUT2D eigenvalue weighted by Crippen LogP contribution is -2.41. The first kappa shape index (κ1) is 26.2. The molecule has 1 N–H and O–H groups in total. The molecule has 1 saturated heterocycles. The number of carbonyl (C=O) groups excluding carboxylic acids is 1. The number of aryl methyl sites for hydroxylation is 1. The zero-order valence-corrected chi connectivity index (χ0v) is 22.5. The summed E-state index contributed by atoms with van der Waals surface area (Å²) in [5.74, 6) is -0.382. The second-order valence-electron chi connectivity index (χ2n) is 11.0. The lowest BCUT2D eigenvalue weighted by Gasteiger charge is -2.32. The lowest BCUT2D eigenvalue weighted by molar-refractivity contribution is 0.00578. The Kier molecular flexibility index (Phi) is 6.93. The van der Waals surface area contributed by atoms with E-state index in [0.717, 1.165) is 16.7 Å². The molecule has 38 heavy (non-hydrogen) atoms. The second kappa shape index (κ2) is 10.0. The number of carbonyl (C=O) groups is 1. The Morgan fingerprint density at radius 1 is 0.947 bits per heavy atom. The number of fused-ring (bicyclic) bond motifs is 3. The van der Waals surface area contributed by atoms with Crippen LogP contribution >= 0.6 is 0 Å². The molecule has 196 valence electrons. The molecule has 1 amide bonds. The monoisotopic (exact) mass is 513 g/mol. The topological polar surface area (TPSA) is 56.8 Å². The van der Waals surface area contributed by atoms with E-state index in [4.69, 9.17) is 14.0 Å². The third-order valence-electron chi connectivity index (χ3n) is 7.94. The number of halogens is 1. The number of amides is 1. The Bertz CT molecular complexity index is 1320. The highest BCUT2D eigenvalue weighted by Gasteiger charge is 2.52. The normalized spacial score (nSPS) is 17.7. The molecule has 7 heteroatoms. The van der Waals surface area contributed by atoms with Gasteiger partial charge < -0.3 is 19.4 Å². The molecule has 1 heterocycles. The summed E-state index contributed by atoms with van der Waals surface area (Å²) in [5.41, 5.74) is 5.29. The van der Waals surface area contributed by atoms with E-state index in [0.29, 0.717) is 11.0 Å². The fourth-order valence-corrected chi connectivity index (χ4v) is 5.03. The minimum absolute atomic E-state index is 0.0349. The summed E-state index contributed by atoms with van der Waals surface area (Å²) >= 11 is 0. The number of hydrogen-bond acceptors (Lipinski definition) is 4. The van der Waals surface area contributed by atoms with E-state index in [-0.39, 0.29) is 24.9 Å². The van der Waals surface area contributed by atoms with Crippen molar-refractivity contribution < 1.29 is 23.2 Å². The Balaban J connectivity index is 1.32. The van der Waals surface area contributed by atoms with Crippen LogP contribution in [0.2, 0.25) is 0 Å². The molecule has 1 aliphatic carbocycles. The quantitative estimate of drug-likeness (QED) is 0.374. The Morgan fingerprint density at radius 3 is 2.11 bits per heavy atom. The van der Waals surface area contributed by atoms with Crippen molar-refractivity contribution in [1.82, 2.24) is 5.32 Å². The van der Waals surface area contributed by atoms with Crippen LogP contribution in [-0.4, -0.2) is 37.6 Å². The van der Waals surface area contributed by atoms with Crippen molar-refractivity contribution in [2.75, 3.05) is 13.2 Å². The molecule has 0 aromatic heterocycles. The Hall–Kier alpha value is -3.42. The molecule has 0 atom stereocenters. The van der Waals surface area contributed by atoms with Gasteiger partial charge in [-0.2, -0.15) is 0 Å². The molecular formula is C31H33BFNO4. The third-order valence-corrected chi connectivity index (χ3v) is 7.94. The summed E-state index contributed by atoms with van der Waals surface area (Å²) in [7, 11) is -0.743. The molecule has 0 bridgehead atoms. The first-order chi connectivity index (χ1) is 18.1. The van der Waals surface area contributed by atoms with Crippen LogP contribution in [0.4, 0.5) is 9.18 Å². The highest BCUT2D eigenvalue weighted by atomic mass is 19.1. The van der Waals surface area contributed by atoms with Gasteiger partial charge in [-0.3, -0.25) is 0 Å². The summed E-state index contributed by atoms with van der Waals surface area (Å²) < 4.78 is 32.8. The van der Waals surface area contributed by atoms with E-state index in [2.05, 4.69) is 29.6 Å². The van der Waals surface area contributed by atoms with Gasteiger partial charge in [-0.25, -0.2) is 9.18 Å². The van der Waals surface area contributed by atoms with Crippen molar-refractivity contribution in [2.24, 2.45) is 0 Å². The highest BCUT2D eigenvalue weighted by Crippen LogP contribution is 2.44. The van der Waals surface area contributed by atoms with Gasteiger partial charge in [0.25, 0.3) is 0 Å². The van der Waals surface area contributed by atoms with Crippen molar-refractivity contribution in [3.63, 3.8) is 0 Å². The van der Waals surface area contributed by atoms with Gasteiger partial charge in [0, 0.05) is 18.0 Å². The Labute approximate surface area is 224 Å². The molecule has 3 aromatic rings. The number of rotatable bonds is 6. The fraction of sp³-hybridized carbons (Fsp3) is 0.323. The van der Waals surface area contributed by atoms with Gasteiger partial charge in [0.15, 0.2) is 0 Å². The molecule has 1 aliphatic heterocycles. The molecule has 0 radical (unpaired) electrons. The van der Waals surface area contributed by atoms with Gasteiger partial charge in [-0.15, -0.1) is 0 Å². The number of hydrogen-bond donors (Lipinski definition) is 1. The van der Waals surface area contributed by atoms with Crippen LogP contribution in [0.3, 0.4) is 0 Å². The SMILES string of the molecule is Cc1cccc(F)c1C=C(CNC(=O)OCC1c2ccccc2-c2ccccc21)B1OC(C)(C)C(C)(C)O1. The fourth-order valence-electron chi connectivity index (χ4n) is 5.03. The number of nitrogens with one attached hydrogen (secondary N) is 1. The molecule has 5 nitrogen and oxygen atoms in total. The van der Waals surface area contributed by atoms with Crippen molar-refractivity contribution in [3.05, 3.63) is 100 Å². The van der Waals surface area contributed by atoms with E-state index in [1.165, 1.54) is 17.2 Å². The average molecular weight is 513 g/mol. The van der Waals surface area contributed by atoms with Crippen LogP contribution in [0.25, 0.3) is 17.2 Å². The molecule has 0 spiro atoms. The zero-order valence-electron chi connectivity index (χ0n) is 22.5. The highest BCUT2D eigenvalue weighted by molar-refractivity contribution is 6.56. The van der Waals surface area contributed by atoms with Crippen LogP contribution in [-0.2, 0) is 14.0 Å². The predicted molar refractivity (Wildman–Crippen MR) is 148 cm³/mol. The number of alkyl carbamates (subject to hydrolysis) is 1. The molecule has 0 unspecified atom stereocenters. The van der Waals surface area contributed by atoms with Gasteiger partial charge in [-0.05, 0) is 74.0 Å². The van der Waals surface area contributed by atoms with Crippen LogP contribution in [0, 0.1) is 12.7 Å². The molecule has 1 fully saturated rings. The van der Waals surface area contributed by atoms with Gasteiger partial charge in [0.05, 0.1) is 11.2 Å². The van der Waals surface area contributed by atoms with Crippen LogP contribution in [0.1, 0.15) is 55.9 Å². The smallest absolute Gasteiger partial charge is 0.449 e. The molecular weight excluding hydrogens is 480 g/mol. The maximum Gasteiger partial charge on any atom is 0.492 e. The predicted octanol–water partition coefficient (Wildman–Crippen LogP) is 6.69. The zero-order chi connectivity index (χ0) is 27.1. The van der Waals surface area contributed by atoms with E-state index in [1.807, 2.05) is 65.0 Å². The minimum Gasteiger partial charge on any atom is -0.449 e. The van der Waals surface area contributed by atoms with Crippen molar-refractivity contribution in [1.29, 1.82) is 0 Å². The van der Waals surface area contributed by atoms with Crippen molar-refractivity contribution in [2.45, 2.75) is 51.7 Å². The largest absolute Gasteiger partial charge is 0.492 e. The first-order valence-corrected chi connectivity index (χ1v) is 13.0. The van der Waals surface area contributed by atoms with Gasteiger partial charge in [0.2, 0.25) is 0 Å². The molecule has 2 aliphatic rings. The molecule has 0 saturated carbocycles. The number of ether oxygens (including phenoxy) is 1. The number of benzene rings is 3. The summed E-state index contributed by atoms with van der Waals surface area (Å²) in [4.78, 5) is 12.9. The molecule has 3 aromatic carbocycles. The second-order valence-corrected chi connectivity index (χ2v) is 11.0. The summed E-state index contributed by atoms with van der Waals surface area (Å²) in [6.07, 6.45) is 1.15. The lowest BCUT2D eigenvalue weighted by atomic mass is 9.76. The molecule has 5 rings (SSSR count). The van der Waals surface area contributed by atoms with E-state index < -0.39 is 24.4 Å². The van der Waals surface area contributed by atoms with Crippen molar-refractivity contribution >= 4 is 19.3 Å². The van der Waals surface area contributed by atoms with Gasteiger partial charge in [-0.1, -0.05) is 66.7 Å². The average Bonchev–Trinajstić information content (AvgIpc) is 3.31. The van der Waals surface area contributed by atoms with E-state index in [9.17, 15) is 9.18 Å². The van der Waals surface area contributed by atoms with Crippen LogP contribution in [0.5, 0.6) is 0 Å². The van der Waals surface area contributed by atoms with E-state index >= 15 is 0 Å².